The van der Waals surface area contributed by atoms with Crippen LogP contribution in [0.25, 0.3) is 0 Å². The Bertz CT molecular complexity index is 446. The van der Waals surface area contributed by atoms with Crippen LogP contribution in [0.5, 0.6) is 0 Å². The molecule has 0 aromatic carbocycles. The van der Waals surface area contributed by atoms with Crippen LogP contribution in [0.2, 0.25) is 0 Å². The lowest BCUT2D eigenvalue weighted by atomic mass is 10.1. The number of anilines is 1. The molecule has 2 rings (SSSR count). The maximum Gasteiger partial charge on any atom is 0.328 e. The van der Waals surface area contributed by atoms with Gasteiger partial charge in [0.05, 0.1) is 6.10 Å². The zero-order chi connectivity index (χ0) is 12.4. The summed E-state index contributed by atoms with van der Waals surface area (Å²) in [4.78, 5) is 6.16. The summed E-state index contributed by atoms with van der Waals surface area (Å²) in [5.74, 6) is 0.962. The van der Waals surface area contributed by atoms with Gasteiger partial charge in [0, 0.05) is 18.7 Å². The van der Waals surface area contributed by atoms with E-state index in [0.717, 1.165) is 5.57 Å². The molecule has 0 fully saturated rings. The van der Waals surface area contributed by atoms with Gasteiger partial charge in [-0.1, -0.05) is 25.1 Å². The predicted molar refractivity (Wildman–Crippen MR) is 64.6 cm³/mol. The summed E-state index contributed by atoms with van der Waals surface area (Å²) in [6.07, 6.45) is 5.21. The Kier molecular flexibility index (Phi) is 3.28. The number of aliphatic hydroxyl groups is 1. The van der Waals surface area contributed by atoms with E-state index in [0.29, 0.717) is 18.4 Å². The highest BCUT2D eigenvalue weighted by Crippen LogP contribution is 2.19. The van der Waals surface area contributed by atoms with E-state index in [1.165, 1.54) is 0 Å². The van der Waals surface area contributed by atoms with Crippen molar-refractivity contribution < 1.29 is 9.63 Å². The van der Waals surface area contributed by atoms with Crippen molar-refractivity contribution in [3.63, 3.8) is 0 Å². The summed E-state index contributed by atoms with van der Waals surface area (Å²) in [5.41, 5.74) is 0.907. The van der Waals surface area contributed by atoms with Crippen LogP contribution in [0.3, 0.4) is 0 Å². The van der Waals surface area contributed by atoms with Gasteiger partial charge in [-0.3, -0.25) is 4.90 Å². The molecule has 1 N–H and O–H groups in total. The number of hydrogen-bond donors (Lipinski definition) is 1. The van der Waals surface area contributed by atoms with Crippen molar-refractivity contribution >= 4 is 6.01 Å². The first kappa shape index (κ1) is 11.9. The number of aliphatic hydroxyl groups excluding tert-OH is 1. The Hall–Kier alpha value is -1.62. The largest absolute Gasteiger partial charge is 0.389 e. The zero-order valence-corrected chi connectivity index (χ0v) is 10.3. The van der Waals surface area contributed by atoms with E-state index in [4.69, 9.17) is 4.52 Å². The maximum absolute atomic E-state index is 9.42. The lowest BCUT2D eigenvalue weighted by Gasteiger charge is -2.19. The average Bonchev–Trinajstić information content (AvgIpc) is 2.78. The molecule has 17 heavy (non-hydrogen) atoms. The summed E-state index contributed by atoms with van der Waals surface area (Å²) in [5, 5.41) is 13.3. The molecule has 2 heterocycles. The number of hydrogen-bond acceptors (Lipinski definition) is 5. The quantitative estimate of drug-likeness (QED) is 0.866. The molecule has 0 aliphatic carbocycles. The van der Waals surface area contributed by atoms with Crippen molar-refractivity contribution in [2.75, 3.05) is 11.4 Å². The molecule has 92 valence electrons. The van der Waals surface area contributed by atoms with E-state index >= 15 is 0 Å². The lowest BCUT2D eigenvalue weighted by molar-refractivity contribution is 0.234. The summed E-state index contributed by atoms with van der Waals surface area (Å²) >= 11 is 0. The molecule has 1 aromatic heterocycles. The summed E-state index contributed by atoms with van der Waals surface area (Å²) in [6.45, 7) is 6.42. The van der Waals surface area contributed by atoms with E-state index in [-0.39, 0.29) is 5.92 Å². The number of rotatable bonds is 3. The normalized spacial score (nSPS) is 17.5. The van der Waals surface area contributed by atoms with Crippen LogP contribution < -0.4 is 4.90 Å². The minimum atomic E-state index is -0.442. The van der Waals surface area contributed by atoms with Gasteiger partial charge in [-0.05, 0) is 18.6 Å². The SMILES string of the molecule is CC(O)C1=CCN(c2nc(C(C)C)no2)C=C1. The zero-order valence-electron chi connectivity index (χ0n) is 10.3. The van der Waals surface area contributed by atoms with Gasteiger partial charge in [-0.15, -0.1) is 0 Å². The van der Waals surface area contributed by atoms with Gasteiger partial charge in [0.2, 0.25) is 0 Å². The number of nitrogens with zero attached hydrogens (tertiary/aromatic N) is 3. The molecule has 0 amide bonds. The molecule has 0 saturated carbocycles. The van der Waals surface area contributed by atoms with Crippen LogP contribution in [0.1, 0.15) is 32.5 Å². The standard InChI is InChI=1S/C12H17N3O2/c1-8(2)11-13-12(17-14-11)15-6-4-10(5-7-15)9(3)16/h4-6,8-9,16H,7H2,1-3H3. The highest BCUT2D eigenvalue weighted by Gasteiger charge is 2.16. The fourth-order valence-electron chi connectivity index (χ4n) is 1.54. The molecule has 1 atom stereocenters. The third-order valence-corrected chi connectivity index (χ3v) is 2.65. The first-order chi connectivity index (χ1) is 8.08. The molecule has 1 aliphatic heterocycles. The van der Waals surface area contributed by atoms with Crippen LogP contribution >= 0.6 is 0 Å². The smallest absolute Gasteiger partial charge is 0.328 e. The van der Waals surface area contributed by atoms with Gasteiger partial charge in [0.1, 0.15) is 0 Å². The minimum Gasteiger partial charge on any atom is -0.389 e. The van der Waals surface area contributed by atoms with Crippen molar-refractivity contribution in [2.24, 2.45) is 0 Å². The monoisotopic (exact) mass is 235 g/mol. The molecule has 0 bridgehead atoms. The molecule has 1 unspecified atom stereocenters. The van der Waals surface area contributed by atoms with E-state index in [1.807, 2.05) is 37.1 Å². The molecule has 1 aromatic rings. The molecule has 0 spiro atoms. The molecule has 5 nitrogen and oxygen atoms in total. The second kappa shape index (κ2) is 4.71. The van der Waals surface area contributed by atoms with Gasteiger partial charge in [-0.25, -0.2) is 0 Å². The van der Waals surface area contributed by atoms with Gasteiger partial charge >= 0.3 is 6.01 Å². The van der Waals surface area contributed by atoms with E-state index in [9.17, 15) is 5.11 Å². The van der Waals surface area contributed by atoms with E-state index in [2.05, 4.69) is 10.1 Å². The van der Waals surface area contributed by atoms with Gasteiger partial charge in [0.15, 0.2) is 5.82 Å². The first-order valence-electron chi connectivity index (χ1n) is 5.74. The van der Waals surface area contributed by atoms with Crippen LogP contribution in [0.4, 0.5) is 6.01 Å². The van der Waals surface area contributed by atoms with Gasteiger partial charge in [0.25, 0.3) is 0 Å². The molecule has 0 saturated heterocycles. The molecular formula is C12H17N3O2. The Morgan fingerprint density at radius 3 is 2.65 bits per heavy atom. The molecule has 1 aliphatic rings. The first-order valence-corrected chi connectivity index (χ1v) is 5.74. The van der Waals surface area contributed by atoms with Gasteiger partial charge < -0.3 is 9.63 Å². The van der Waals surface area contributed by atoms with Crippen molar-refractivity contribution in [2.45, 2.75) is 32.8 Å². The molecule has 5 heteroatoms. The van der Waals surface area contributed by atoms with Crippen molar-refractivity contribution in [3.05, 3.63) is 29.7 Å². The van der Waals surface area contributed by atoms with Crippen molar-refractivity contribution in [1.82, 2.24) is 10.1 Å². The lowest BCUT2D eigenvalue weighted by Crippen LogP contribution is -2.21. The van der Waals surface area contributed by atoms with Crippen LogP contribution in [-0.4, -0.2) is 27.9 Å². The molecule has 0 radical (unpaired) electrons. The van der Waals surface area contributed by atoms with Crippen LogP contribution in [0, 0.1) is 0 Å². The number of aromatic nitrogens is 2. The highest BCUT2D eigenvalue weighted by molar-refractivity contribution is 5.40. The van der Waals surface area contributed by atoms with Crippen molar-refractivity contribution in [3.8, 4) is 0 Å². The molecular weight excluding hydrogens is 218 g/mol. The Morgan fingerprint density at radius 1 is 1.41 bits per heavy atom. The minimum absolute atomic E-state index is 0.254. The average molecular weight is 235 g/mol. The topological polar surface area (TPSA) is 62.4 Å². The highest BCUT2D eigenvalue weighted by atomic mass is 16.5. The Labute approximate surface area is 100 Å². The second-order valence-electron chi connectivity index (χ2n) is 4.44. The second-order valence-corrected chi connectivity index (χ2v) is 4.44. The van der Waals surface area contributed by atoms with Crippen LogP contribution in [0.15, 0.2) is 28.4 Å². The van der Waals surface area contributed by atoms with Crippen molar-refractivity contribution in [1.29, 1.82) is 0 Å². The predicted octanol–water partition coefficient (Wildman–Crippen LogP) is 1.83. The van der Waals surface area contributed by atoms with E-state index < -0.39 is 6.10 Å². The summed E-state index contributed by atoms with van der Waals surface area (Å²) < 4.78 is 5.18. The Morgan fingerprint density at radius 2 is 2.18 bits per heavy atom. The maximum atomic E-state index is 9.42. The summed E-state index contributed by atoms with van der Waals surface area (Å²) in [7, 11) is 0. The fourth-order valence-corrected chi connectivity index (χ4v) is 1.54. The fraction of sp³-hybridized carbons (Fsp3) is 0.500. The van der Waals surface area contributed by atoms with E-state index in [1.54, 1.807) is 6.92 Å². The van der Waals surface area contributed by atoms with Crippen LogP contribution in [-0.2, 0) is 0 Å². The summed E-state index contributed by atoms with van der Waals surface area (Å²) in [6, 6.07) is 0.492. The van der Waals surface area contributed by atoms with Gasteiger partial charge in [-0.2, -0.15) is 4.98 Å². The Balaban J connectivity index is 2.09. The third-order valence-electron chi connectivity index (χ3n) is 2.65. The third kappa shape index (κ3) is 2.55.